The van der Waals surface area contributed by atoms with Crippen LogP contribution in [0.25, 0.3) is 0 Å². The minimum Gasteiger partial charge on any atom is -0.299 e. The number of ketones is 2. The van der Waals surface area contributed by atoms with Gasteiger partial charge in [-0.3, -0.25) is 9.59 Å². The van der Waals surface area contributed by atoms with Gasteiger partial charge in [-0.25, -0.2) is 0 Å². The van der Waals surface area contributed by atoms with Crippen LogP contribution in [0, 0.1) is 42.4 Å². The van der Waals surface area contributed by atoms with E-state index in [1.165, 1.54) is 11.1 Å². The molecular weight excluding hydrogens is 260 g/mol. The third-order valence-electron chi connectivity index (χ3n) is 6.44. The van der Waals surface area contributed by atoms with Crippen LogP contribution in [-0.4, -0.2) is 11.6 Å². The highest BCUT2D eigenvalue weighted by Crippen LogP contribution is 2.66. The van der Waals surface area contributed by atoms with Crippen LogP contribution in [0.4, 0.5) is 0 Å². The molecule has 5 rings (SSSR count). The first-order valence-corrected chi connectivity index (χ1v) is 7.99. The molecule has 0 N–H and O–H groups in total. The van der Waals surface area contributed by atoms with E-state index in [0.29, 0.717) is 29.3 Å². The van der Waals surface area contributed by atoms with E-state index in [2.05, 4.69) is 43.3 Å². The summed E-state index contributed by atoms with van der Waals surface area (Å²) in [6.07, 6.45) is 5.11. The van der Waals surface area contributed by atoms with Crippen LogP contribution in [0.3, 0.4) is 0 Å². The molecule has 0 aliphatic heterocycles. The van der Waals surface area contributed by atoms with Crippen molar-refractivity contribution in [2.24, 2.45) is 35.5 Å². The maximum atomic E-state index is 12.7. The zero-order valence-corrected chi connectivity index (χ0v) is 12.0. The van der Waals surface area contributed by atoms with Gasteiger partial charge >= 0.3 is 0 Å². The van der Waals surface area contributed by atoms with Crippen molar-refractivity contribution in [3.8, 4) is 0 Å². The predicted molar refractivity (Wildman–Crippen MR) is 78.6 cm³/mol. The lowest BCUT2D eigenvalue weighted by Gasteiger charge is -2.34. The largest absolute Gasteiger partial charge is 0.299 e. The van der Waals surface area contributed by atoms with E-state index in [0.717, 1.165) is 6.42 Å². The molecular formula is C19H18O2. The van der Waals surface area contributed by atoms with E-state index in [1.807, 2.05) is 0 Å². The number of allylic oxidation sites excluding steroid dienone is 2. The van der Waals surface area contributed by atoms with Crippen molar-refractivity contribution in [3.63, 3.8) is 0 Å². The summed E-state index contributed by atoms with van der Waals surface area (Å²) in [5, 5.41) is 0. The molecule has 106 valence electrons. The van der Waals surface area contributed by atoms with E-state index in [4.69, 9.17) is 0 Å². The fourth-order valence-electron chi connectivity index (χ4n) is 5.78. The lowest BCUT2D eigenvalue weighted by atomic mass is 9.68. The van der Waals surface area contributed by atoms with Gasteiger partial charge in [-0.15, -0.1) is 0 Å². The Morgan fingerprint density at radius 3 is 2.48 bits per heavy atom. The number of hydrogen-bond donors (Lipinski definition) is 0. The van der Waals surface area contributed by atoms with Gasteiger partial charge in [0.2, 0.25) is 0 Å². The molecule has 1 aromatic carbocycles. The normalized spacial score (nSPS) is 45.7. The summed E-state index contributed by atoms with van der Waals surface area (Å²) in [6.45, 7) is 2.10. The fraction of sp³-hybridized carbons (Fsp3) is 0.474. The van der Waals surface area contributed by atoms with Crippen molar-refractivity contribution in [1.29, 1.82) is 0 Å². The Balaban J connectivity index is 1.58. The number of aryl methyl sites for hydroxylation is 1. The summed E-state index contributed by atoms with van der Waals surface area (Å²) < 4.78 is 0. The van der Waals surface area contributed by atoms with E-state index in [9.17, 15) is 9.59 Å². The first-order chi connectivity index (χ1) is 10.2. The molecule has 0 aromatic heterocycles. The standard InChI is InChI=1S/C19H18O2/c1-9-3-2-4-10(7-9)13-8-14-15-11-5-6-12(18(11)20)16(15)17(13)19(14)21/h2-7,11-17H,8H2,1H3. The summed E-state index contributed by atoms with van der Waals surface area (Å²) in [6, 6.07) is 8.57. The van der Waals surface area contributed by atoms with Crippen LogP contribution in [-0.2, 0) is 9.59 Å². The second-order valence-electron chi connectivity index (χ2n) is 7.28. The zero-order chi connectivity index (χ0) is 14.3. The van der Waals surface area contributed by atoms with Gasteiger partial charge in [0.15, 0.2) is 0 Å². The predicted octanol–water partition coefficient (Wildman–Crippen LogP) is 2.91. The van der Waals surface area contributed by atoms with Crippen LogP contribution in [0.5, 0.6) is 0 Å². The van der Waals surface area contributed by atoms with Gasteiger partial charge in [-0.2, -0.15) is 0 Å². The van der Waals surface area contributed by atoms with Gasteiger partial charge in [0.25, 0.3) is 0 Å². The lowest BCUT2D eigenvalue weighted by Crippen LogP contribution is -2.30. The number of hydrogen-bond acceptors (Lipinski definition) is 2. The van der Waals surface area contributed by atoms with E-state index >= 15 is 0 Å². The molecule has 4 aliphatic rings. The van der Waals surface area contributed by atoms with Gasteiger partial charge in [0, 0.05) is 23.7 Å². The number of fused-ring (bicyclic) bond motifs is 9. The molecule has 0 radical (unpaired) electrons. The molecule has 0 saturated heterocycles. The average Bonchev–Trinajstić information content (AvgIpc) is 3.17. The smallest absolute Gasteiger partial charge is 0.147 e. The Bertz CT molecular complexity index is 701. The molecule has 1 aromatic rings. The molecule has 4 aliphatic carbocycles. The van der Waals surface area contributed by atoms with Crippen molar-refractivity contribution in [2.75, 3.05) is 0 Å². The third-order valence-corrected chi connectivity index (χ3v) is 6.44. The molecule has 3 saturated carbocycles. The molecule has 2 heteroatoms. The minimum absolute atomic E-state index is 0.0339. The quantitative estimate of drug-likeness (QED) is 0.584. The molecule has 2 nitrogen and oxygen atoms in total. The van der Waals surface area contributed by atoms with E-state index < -0.39 is 0 Å². The van der Waals surface area contributed by atoms with Crippen LogP contribution >= 0.6 is 0 Å². The van der Waals surface area contributed by atoms with E-state index in [1.54, 1.807) is 0 Å². The summed E-state index contributed by atoms with van der Waals surface area (Å²) in [4.78, 5) is 25.1. The second-order valence-corrected chi connectivity index (χ2v) is 7.28. The Hall–Kier alpha value is -1.70. The summed E-state index contributed by atoms with van der Waals surface area (Å²) in [5.41, 5.74) is 2.55. The molecule has 3 fully saturated rings. The van der Waals surface area contributed by atoms with Gasteiger partial charge in [-0.05, 0) is 36.7 Å². The number of carbonyl (C=O) groups is 2. The first kappa shape index (κ1) is 11.9. The van der Waals surface area contributed by atoms with Crippen molar-refractivity contribution in [3.05, 3.63) is 47.5 Å². The maximum absolute atomic E-state index is 12.7. The fourth-order valence-corrected chi connectivity index (χ4v) is 5.78. The number of rotatable bonds is 1. The molecule has 7 unspecified atom stereocenters. The molecule has 0 amide bonds. The van der Waals surface area contributed by atoms with Gasteiger partial charge in [-0.1, -0.05) is 42.0 Å². The summed E-state index contributed by atoms with van der Waals surface area (Å²) >= 11 is 0. The highest BCUT2D eigenvalue weighted by atomic mass is 16.1. The Morgan fingerprint density at radius 1 is 0.952 bits per heavy atom. The van der Waals surface area contributed by atoms with E-state index in [-0.39, 0.29) is 23.7 Å². The number of carbonyl (C=O) groups excluding carboxylic acids is 2. The summed E-state index contributed by atoms with van der Waals surface area (Å²) in [5.74, 6) is 2.10. The average molecular weight is 278 g/mol. The van der Waals surface area contributed by atoms with Crippen LogP contribution < -0.4 is 0 Å². The molecule has 0 heterocycles. The van der Waals surface area contributed by atoms with Gasteiger partial charge in [0.05, 0.1) is 0 Å². The topological polar surface area (TPSA) is 34.1 Å². The first-order valence-electron chi connectivity index (χ1n) is 7.99. The van der Waals surface area contributed by atoms with Crippen LogP contribution in [0.1, 0.15) is 23.5 Å². The molecule has 0 spiro atoms. The highest BCUT2D eigenvalue weighted by Gasteiger charge is 2.68. The Labute approximate surface area is 124 Å². The van der Waals surface area contributed by atoms with Crippen molar-refractivity contribution in [2.45, 2.75) is 19.3 Å². The SMILES string of the molecule is Cc1cccc(C2CC3C(=O)C2C2C4C=CC(C4=O)C32)c1. The van der Waals surface area contributed by atoms with Crippen molar-refractivity contribution >= 4 is 11.6 Å². The van der Waals surface area contributed by atoms with Crippen LogP contribution in [0.15, 0.2) is 36.4 Å². The molecule has 21 heavy (non-hydrogen) atoms. The lowest BCUT2D eigenvalue weighted by molar-refractivity contribution is -0.125. The monoisotopic (exact) mass is 278 g/mol. The summed E-state index contributed by atoms with van der Waals surface area (Å²) in [7, 11) is 0. The Kier molecular flexibility index (Phi) is 2.12. The second kappa shape index (κ2) is 3.73. The third kappa shape index (κ3) is 1.29. The molecule has 4 bridgehead atoms. The van der Waals surface area contributed by atoms with Crippen molar-refractivity contribution < 1.29 is 9.59 Å². The van der Waals surface area contributed by atoms with Crippen LogP contribution in [0.2, 0.25) is 0 Å². The molecule has 7 atom stereocenters. The minimum atomic E-state index is 0.0339. The van der Waals surface area contributed by atoms with Gasteiger partial charge < -0.3 is 0 Å². The maximum Gasteiger partial charge on any atom is 0.147 e. The Morgan fingerprint density at radius 2 is 1.71 bits per heavy atom. The van der Waals surface area contributed by atoms with Crippen molar-refractivity contribution in [1.82, 2.24) is 0 Å². The van der Waals surface area contributed by atoms with Gasteiger partial charge in [0.1, 0.15) is 11.6 Å². The number of benzene rings is 1. The number of Topliss-reactive ketones (excluding diaryl/α,β-unsaturated/α-hetero) is 2. The zero-order valence-electron chi connectivity index (χ0n) is 12.0. The highest BCUT2D eigenvalue weighted by molar-refractivity contribution is 5.99.